The molecule has 0 bridgehead atoms. The summed E-state index contributed by atoms with van der Waals surface area (Å²) in [4.78, 5) is 26.8. The number of carbonyl (C=O) groups is 2. The summed E-state index contributed by atoms with van der Waals surface area (Å²) in [5.74, 6) is -1.05. The number of nitrogens with zero attached hydrogens (tertiary/aromatic N) is 1. The molecule has 2 heterocycles. The van der Waals surface area contributed by atoms with Crippen LogP contribution in [0.15, 0.2) is 5.38 Å². The lowest BCUT2D eigenvalue weighted by molar-refractivity contribution is -0.131. The van der Waals surface area contributed by atoms with Crippen molar-refractivity contribution in [3.8, 4) is 0 Å². The van der Waals surface area contributed by atoms with Crippen molar-refractivity contribution in [1.29, 1.82) is 0 Å². The summed E-state index contributed by atoms with van der Waals surface area (Å²) in [6.45, 7) is 3.86. The van der Waals surface area contributed by atoms with E-state index < -0.39 is 5.97 Å². The van der Waals surface area contributed by atoms with Gasteiger partial charge < -0.3 is 15.7 Å². The average Bonchev–Trinajstić information content (AvgIpc) is 2.85. The van der Waals surface area contributed by atoms with Crippen LogP contribution in [0.3, 0.4) is 0 Å². The minimum Gasteiger partial charge on any atom is -0.476 e. The van der Waals surface area contributed by atoms with Crippen molar-refractivity contribution in [3.05, 3.63) is 16.1 Å². The fourth-order valence-electron chi connectivity index (χ4n) is 2.11. The molecule has 7 heteroatoms. The van der Waals surface area contributed by atoms with E-state index in [1.165, 1.54) is 16.7 Å². The van der Waals surface area contributed by atoms with Gasteiger partial charge >= 0.3 is 5.97 Å². The van der Waals surface area contributed by atoms with E-state index in [0.717, 1.165) is 19.4 Å². The number of hydrogen-bond donors (Lipinski definition) is 3. The van der Waals surface area contributed by atoms with Gasteiger partial charge in [0.25, 0.3) is 0 Å². The highest BCUT2D eigenvalue weighted by Crippen LogP contribution is 2.25. The zero-order chi connectivity index (χ0) is 13.9. The molecule has 1 aliphatic heterocycles. The molecule has 2 rings (SSSR count). The number of hydrogen-bond acceptors (Lipinski definition) is 5. The van der Waals surface area contributed by atoms with E-state index in [-0.39, 0.29) is 23.6 Å². The van der Waals surface area contributed by atoms with Gasteiger partial charge in [-0.05, 0) is 26.3 Å². The second-order valence-corrected chi connectivity index (χ2v) is 5.90. The molecule has 3 N–H and O–H groups in total. The molecule has 1 unspecified atom stereocenters. The number of thiazole rings is 1. The molecule has 0 aromatic carbocycles. The van der Waals surface area contributed by atoms with E-state index in [4.69, 9.17) is 5.11 Å². The number of carbonyl (C=O) groups excluding carboxylic acids is 1. The molecule has 1 atom stereocenters. The Morgan fingerprint density at radius 2 is 2.42 bits per heavy atom. The maximum atomic E-state index is 12.1. The Kier molecular flexibility index (Phi) is 4.16. The van der Waals surface area contributed by atoms with Crippen LogP contribution >= 0.6 is 11.3 Å². The van der Waals surface area contributed by atoms with Crippen LogP contribution in [0.25, 0.3) is 0 Å². The van der Waals surface area contributed by atoms with Crippen molar-refractivity contribution < 1.29 is 14.7 Å². The SMILES string of the molecule is CC1(C(=O)NCc2nc(C(=O)O)cs2)CCCNC1. The second-order valence-electron chi connectivity index (χ2n) is 4.96. The zero-order valence-electron chi connectivity index (χ0n) is 10.7. The quantitative estimate of drug-likeness (QED) is 0.762. The molecule has 1 saturated heterocycles. The molecule has 0 radical (unpaired) electrons. The van der Waals surface area contributed by atoms with Crippen molar-refractivity contribution in [1.82, 2.24) is 15.6 Å². The van der Waals surface area contributed by atoms with Crippen LogP contribution in [0.5, 0.6) is 0 Å². The highest BCUT2D eigenvalue weighted by molar-refractivity contribution is 7.09. The van der Waals surface area contributed by atoms with Crippen molar-refractivity contribution in [2.75, 3.05) is 13.1 Å². The van der Waals surface area contributed by atoms with Crippen LogP contribution in [0, 0.1) is 5.41 Å². The van der Waals surface area contributed by atoms with E-state index in [2.05, 4.69) is 15.6 Å². The van der Waals surface area contributed by atoms with E-state index in [9.17, 15) is 9.59 Å². The van der Waals surface area contributed by atoms with Crippen molar-refractivity contribution in [2.45, 2.75) is 26.3 Å². The number of amides is 1. The predicted octanol–water partition coefficient (Wildman–Crippen LogP) is 0.847. The first-order valence-electron chi connectivity index (χ1n) is 6.18. The zero-order valence-corrected chi connectivity index (χ0v) is 11.5. The lowest BCUT2D eigenvalue weighted by Gasteiger charge is -2.32. The van der Waals surface area contributed by atoms with Gasteiger partial charge in [0.05, 0.1) is 12.0 Å². The van der Waals surface area contributed by atoms with E-state index >= 15 is 0 Å². The maximum Gasteiger partial charge on any atom is 0.355 e. The van der Waals surface area contributed by atoms with Gasteiger partial charge in [-0.15, -0.1) is 11.3 Å². The van der Waals surface area contributed by atoms with Crippen LogP contribution in [-0.2, 0) is 11.3 Å². The van der Waals surface area contributed by atoms with Gasteiger partial charge in [0.2, 0.25) is 5.91 Å². The van der Waals surface area contributed by atoms with Crippen LogP contribution in [-0.4, -0.2) is 35.1 Å². The largest absolute Gasteiger partial charge is 0.476 e. The Morgan fingerprint density at radius 1 is 1.63 bits per heavy atom. The van der Waals surface area contributed by atoms with Gasteiger partial charge in [-0.2, -0.15) is 0 Å². The number of nitrogens with one attached hydrogen (secondary N) is 2. The van der Waals surface area contributed by atoms with Crippen molar-refractivity contribution >= 4 is 23.2 Å². The highest BCUT2D eigenvalue weighted by Gasteiger charge is 2.34. The normalized spacial score (nSPS) is 23.0. The number of carboxylic acid groups (broad SMARTS) is 1. The van der Waals surface area contributed by atoms with Gasteiger partial charge in [-0.1, -0.05) is 0 Å². The minimum atomic E-state index is -1.04. The van der Waals surface area contributed by atoms with Gasteiger partial charge in [0.15, 0.2) is 5.69 Å². The second kappa shape index (κ2) is 5.66. The predicted molar refractivity (Wildman–Crippen MR) is 71.1 cm³/mol. The molecule has 1 aromatic rings. The lowest BCUT2D eigenvalue weighted by atomic mass is 9.82. The van der Waals surface area contributed by atoms with E-state index in [1.54, 1.807) is 0 Å². The number of rotatable bonds is 4. The van der Waals surface area contributed by atoms with Crippen LogP contribution in [0.1, 0.15) is 35.3 Å². The van der Waals surface area contributed by atoms with Crippen LogP contribution in [0.2, 0.25) is 0 Å². The molecule has 0 saturated carbocycles. The van der Waals surface area contributed by atoms with Gasteiger partial charge in [0, 0.05) is 11.9 Å². The highest BCUT2D eigenvalue weighted by atomic mass is 32.1. The summed E-state index contributed by atoms with van der Waals surface area (Å²) >= 11 is 1.24. The van der Waals surface area contributed by atoms with Crippen LogP contribution < -0.4 is 10.6 Å². The molecule has 1 fully saturated rings. The summed E-state index contributed by atoms with van der Waals surface area (Å²) in [5.41, 5.74) is -0.356. The monoisotopic (exact) mass is 283 g/mol. The summed E-state index contributed by atoms with van der Waals surface area (Å²) in [6.07, 6.45) is 1.86. The van der Waals surface area contributed by atoms with Gasteiger partial charge in [-0.25, -0.2) is 9.78 Å². The molecule has 6 nitrogen and oxygen atoms in total. The topological polar surface area (TPSA) is 91.3 Å². The Hall–Kier alpha value is -1.47. The number of aromatic carboxylic acids is 1. The third-order valence-electron chi connectivity index (χ3n) is 3.32. The first kappa shape index (κ1) is 14.0. The minimum absolute atomic E-state index is 0.00762. The number of carboxylic acids is 1. The van der Waals surface area contributed by atoms with Crippen molar-refractivity contribution in [2.24, 2.45) is 5.41 Å². The molecule has 104 valence electrons. The molecule has 1 aliphatic rings. The Morgan fingerprint density at radius 3 is 3.00 bits per heavy atom. The molecule has 0 aliphatic carbocycles. The third kappa shape index (κ3) is 3.30. The number of piperidine rings is 1. The van der Waals surface area contributed by atoms with E-state index in [0.29, 0.717) is 11.6 Å². The lowest BCUT2D eigenvalue weighted by Crippen LogP contribution is -2.48. The van der Waals surface area contributed by atoms with Crippen LogP contribution in [0.4, 0.5) is 0 Å². The standard InChI is InChI=1S/C12H17N3O3S/c1-12(3-2-4-13-7-12)11(18)14-5-9-15-8(6-19-9)10(16)17/h6,13H,2-5,7H2,1H3,(H,14,18)(H,16,17). The fourth-order valence-corrected chi connectivity index (χ4v) is 2.82. The Balaban J connectivity index is 1.90. The maximum absolute atomic E-state index is 12.1. The van der Waals surface area contributed by atoms with Gasteiger partial charge in [-0.3, -0.25) is 4.79 Å². The summed E-state index contributed by atoms with van der Waals surface area (Å²) in [6, 6.07) is 0. The van der Waals surface area contributed by atoms with E-state index in [1.807, 2.05) is 6.92 Å². The first-order valence-corrected chi connectivity index (χ1v) is 7.06. The first-order chi connectivity index (χ1) is 9.01. The summed E-state index contributed by atoms with van der Waals surface area (Å²) in [5, 5.41) is 16.9. The molecular formula is C12H17N3O3S. The fraction of sp³-hybridized carbons (Fsp3) is 0.583. The average molecular weight is 283 g/mol. The molecule has 0 spiro atoms. The summed E-state index contributed by atoms with van der Waals surface area (Å²) in [7, 11) is 0. The summed E-state index contributed by atoms with van der Waals surface area (Å²) < 4.78 is 0. The third-order valence-corrected chi connectivity index (χ3v) is 4.17. The number of aromatic nitrogens is 1. The molecule has 1 amide bonds. The Bertz CT molecular complexity index is 480. The van der Waals surface area contributed by atoms with Crippen molar-refractivity contribution in [3.63, 3.8) is 0 Å². The smallest absolute Gasteiger partial charge is 0.355 e. The molecule has 1 aromatic heterocycles. The Labute approximate surface area is 115 Å². The molecular weight excluding hydrogens is 266 g/mol. The van der Waals surface area contributed by atoms with Gasteiger partial charge in [0.1, 0.15) is 5.01 Å². The molecule has 19 heavy (non-hydrogen) atoms.